The van der Waals surface area contributed by atoms with Crippen LogP contribution in [0.2, 0.25) is 5.02 Å². The maximum atomic E-state index is 10.8. The molecule has 1 saturated heterocycles. The van der Waals surface area contributed by atoms with Gasteiger partial charge in [-0.3, -0.25) is 4.79 Å². The average molecular weight is 343 g/mol. The molecule has 1 atom stereocenters. The first kappa shape index (κ1) is 15.1. The highest BCUT2D eigenvalue weighted by Crippen LogP contribution is 2.35. The van der Waals surface area contributed by atoms with Crippen LogP contribution < -0.4 is 0 Å². The van der Waals surface area contributed by atoms with Crippen molar-refractivity contribution in [2.24, 2.45) is 0 Å². The zero-order chi connectivity index (χ0) is 14.8. The number of carbonyl (C=O) groups is 1. The zero-order valence-corrected chi connectivity index (χ0v) is 13.7. The van der Waals surface area contributed by atoms with Gasteiger partial charge in [0.1, 0.15) is 0 Å². The molecule has 1 aromatic heterocycles. The predicted molar refractivity (Wildman–Crippen MR) is 88.7 cm³/mol. The number of nitrogens with zero attached hydrogens (tertiary/aromatic N) is 2. The number of hydrogen-bond acceptors (Lipinski definition) is 4. The Bertz CT molecular complexity index is 668. The average Bonchev–Trinajstić information content (AvgIpc) is 2.83. The van der Waals surface area contributed by atoms with Crippen molar-refractivity contribution in [1.82, 2.24) is 9.55 Å². The molecule has 7 heteroatoms. The number of rotatable bonds is 4. The summed E-state index contributed by atoms with van der Waals surface area (Å²) < 4.78 is 2.18. The van der Waals surface area contributed by atoms with E-state index in [1.54, 1.807) is 0 Å². The summed E-state index contributed by atoms with van der Waals surface area (Å²) in [5, 5.41) is 10.4. The molecule has 0 spiro atoms. The largest absolute Gasteiger partial charge is 0.481 e. The molecule has 1 fully saturated rings. The molecule has 0 radical (unpaired) electrons. The van der Waals surface area contributed by atoms with Gasteiger partial charge in [0.2, 0.25) is 0 Å². The standard InChI is InChI=1S/C14H15ClN2O2S2/c15-9-3-4-11-12(6-9)17(10-2-1-5-20-7-10)14(16-11)21-8-13(18)19/h3-4,6,10H,1-2,5,7-8H2,(H,18,19). The van der Waals surface area contributed by atoms with Crippen LogP contribution in [0, 0.1) is 0 Å². The van der Waals surface area contributed by atoms with Crippen molar-refractivity contribution in [3.05, 3.63) is 23.2 Å². The molecule has 112 valence electrons. The van der Waals surface area contributed by atoms with Crippen molar-refractivity contribution in [3.63, 3.8) is 0 Å². The summed E-state index contributed by atoms with van der Waals surface area (Å²) in [6.07, 6.45) is 2.28. The molecule has 0 saturated carbocycles. The van der Waals surface area contributed by atoms with Gasteiger partial charge in [-0.1, -0.05) is 23.4 Å². The minimum atomic E-state index is -0.824. The van der Waals surface area contributed by atoms with E-state index in [1.807, 2.05) is 30.0 Å². The Labute approximate surface area is 136 Å². The molecule has 2 heterocycles. The Morgan fingerprint density at radius 3 is 3.14 bits per heavy atom. The quantitative estimate of drug-likeness (QED) is 0.853. The molecule has 0 amide bonds. The monoisotopic (exact) mass is 342 g/mol. The summed E-state index contributed by atoms with van der Waals surface area (Å²) in [6, 6.07) is 6.01. The Kier molecular flexibility index (Phi) is 4.66. The summed E-state index contributed by atoms with van der Waals surface area (Å²) in [5.41, 5.74) is 1.88. The van der Waals surface area contributed by atoms with Crippen LogP contribution in [0.25, 0.3) is 11.0 Å². The smallest absolute Gasteiger partial charge is 0.313 e. The highest BCUT2D eigenvalue weighted by molar-refractivity contribution is 8.00. The molecular weight excluding hydrogens is 328 g/mol. The zero-order valence-electron chi connectivity index (χ0n) is 11.3. The molecule has 21 heavy (non-hydrogen) atoms. The molecular formula is C14H15ClN2O2S2. The normalized spacial score (nSPS) is 19.0. The van der Waals surface area contributed by atoms with E-state index in [2.05, 4.69) is 9.55 Å². The molecule has 1 aliphatic heterocycles. The molecule has 1 N–H and O–H groups in total. The fraction of sp³-hybridized carbons (Fsp3) is 0.429. The number of hydrogen-bond donors (Lipinski definition) is 1. The van der Waals surface area contributed by atoms with E-state index in [0.717, 1.165) is 28.4 Å². The maximum Gasteiger partial charge on any atom is 0.313 e. The second-order valence-electron chi connectivity index (χ2n) is 4.95. The molecule has 2 aromatic rings. The summed E-state index contributed by atoms with van der Waals surface area (Å²) in [6.45, 7) is 0. The van der Waals surface area contributed by atoms with Crippen LogP contribution in [0.5, 0.6) is 0 Å². The fourth-order valence-electron chi connectivity index (χ4n) is 2.55. The summed E-state index contributed by atoms with van der Waals surface area (Å²) in [5.74, 6) is 1.44. The van der Waals surface area contributed by atoms with Crippen molar-refractivity contribution in [3.8, 4) is 0 Å². The van der Waals surface area contributed by atoms with Gasteiger partial charge >= 0.3 is 5.97 Å². The third kappa shape index (κ3) is 3.33. The van der Waals surface area contributed by atoms with E-state index >= 15 is 0 Å². The van der Waals surface area contributed by atoms with Crippen LogP contribution in [0.3, 0.4) is 0 Å². The summed E-state index contributed by atoms with van der Waals surface area (Å²) >= 11 is 9.34. The number of carboxylic acids is 1. The van der Waals surface area contributed by atoms with E-state index < -0.39 is 5.97 Å². The number of benzene rings is 1. The topological polar surface area (TPSA) is 55.1 Å². The second kappa shape index (κ2) is 6.50. The second-order valence-corrected chi connectivity index (χ2v) is 7.48. The highest BCUT2D eigenvalue weighted by Gasteiger charge is 2.22. The third-order valence-electron chi connectivity index (χ3n) is 3.45. The number of carboxylic acid groups (broad SMARTS) is 1. The number of fused-ring (bicyclic) bond motifs is 1. The Morgan fingerprint density at radius 1 is 1.57 bits per heavy atom. The van der Waals surface area contributed by atoms with Gasteiger partial charge in [0.05, 0.1) is 16.8 Å². The first-order valence-corrected chi connectivity index (χ1v) is 9.27. The van der Waals surface area contributed by atoms with Gasteiger partial charge < -0.3 is 9.67 Å². The SMILES string of the molecule is O=C(O)CSc1nc2ccc(Cl)cc2n1C1CCCSC1. The van der Waals surface area contributed by atoms with Crippen molar-refractivity contribution < 1.29 is 9.90 Å². The highest BCUT2D eigenvalue weighted by atomic mass is 35.5. The van der Waals surface area contributed by atoms with E-state index in [-0.39, 0.29) is 5.75 Å². The minimum Gasteiger partial charge on any atom is -0.481 e. The maximum absolute atomic E-state index is 10.8. The number of halogens is 1. The van der Waals surface area contributed by atoms with Crippen molar-refractivity contribution in [2.75, 3.05) is 17.3 Å². The fourth-order valence-corrected chi connectivity index (χ4v) is 4.65. The van der Waals surface area contributed by atoms with Gasteiger partial charge in [-0.2, -0.15) is 11.8 Å². The number of thioether (sulfide) groups is 2. The van der Waals surface area contributed by atoms with Gasteiger partial charge in [0, 0.05) is 16.8 Å². The summed E-state index contributed by atoms with van der Waals surface area (Å²) in [4.78, 5) is 15.4. The molecule has 1 aromatic carbocycles. The van der Waals surface area contributed by atoms with Crippen LogP contribution in [0.4, 0.5) is 0 Å². The van der Waals surface area contributed by atoms with E-state index in [9.17, 15) is 4.79 Å². The Morgan fingerprint density at radius 2 is 2.43 bits per heavy atom. The Balaban J connectivity index is 2.04. The van der Waals surface area contributed by atoms with Crippen LogP contribution in [-0.4, -0.2) is 37.9 Å². The molecule has 0 bridgehead atoms. The first-order valence-electron chi connectivity index (χ1n) is 6.75. The van der Waals surface area contributed by atoms with Gasteiger partial charge in [0.15, 0.2) is 5.16 Å². The molecule has 1 aliphatic rings. The lowest BCUT2D eigenvalue weighted by Crippen LogP contribution is -2.17. The van der Waals surface area contributed by atoms with Crippen molar-refractivity contribution in [1.29, 1.82) is 0 Å². The number of aromatic nitrogens is 2. The lowest BCUT2D eigenvalue weighted by molar-refractivity contribution is -0.133. The third-order valence-corrected chi connectivity index (χ3v) is 5.82. The van der Waals surface area contributed by atoms with Crippen molar-refractivity contribution in [2.45, 2.75) is 24.0 Å². The molecule has 3 rings (SSSR count). The van der Waals surface area contributed by atoms with Crippen molar-refractivity contribution >= 4 is 52.1 Å². The van der Waals surface area contributed by atoms with Gasteiger partial charge in [-0.05, 0) is 36.8 Å². The van der Waals surface area contributed by atoms with Gasteiger partial charge in [0.25, 0.3) is 0 Å². The van der Waals surface area contributed by atoms with Crippen LogP contribution in [0.15, 0.2) is 23.4 Å². The van der Waals surface area contributed by atoms with Gasteiger partial charge in [-0.25, -0.2) is 4.98 Å². The lowest BCUT2D eigenvalue weighted by Gasteiger charge is -2.25. The van der Waals surface area contributed by atoms with Crippen LogP contribution in [-0.2, 0) is 4.79 Å². The lowest BCUT2D eigenvalue weighted by atomic mass is 10.2. The van der Waals surface area contributed by atoms with Gasteiger partial charge in [-0.15, -0.1) is 0 Å². The molecule has 1 unspecified atom stereocenters. The van der Waals surface area contributed by atoms with E-state index in [4.69, 9.17) is 16.7 Å². The van der Waals surface area contributed by atoms with Crippen LogP contribution in [0.1, 0.15) is 18.9 Å². The summed E-state index contributed by atoms with van der Waals surface area (Å²) in [7, 11) is 0. The molecule has 4 nitrogen and oxygen atoms in total. The van der Waals surface area contributed by atoms with E-state index in [1.165, 1.54) is 23.9 Å². The van der Waals surface area contributed by atoms with Crippen LogP contribution >= 0.6 is 35.1 Å². The van der Waals surface area contributed by atoms with E-state index in [0.29, 0.717) is 11.1 Å². The minimum absolute atomic E-state index is 0.0247. The number of imidazole rings is 1. The Hall–Kier alpha value is -0.850. The predicted octanol–water partition coefficient (Wildman–Crippen LogP) is 3.93. The number of aliphatic carboxylic acids is 1. The first-order chi connectivity index (χ1) is 10.1. The molecule has 0 aliphatic carbocycles.